The van der Waals surface area contributed by atoms with Crippen molar-refractivity contribution in [2.75, 3.05) is 0 Å². The van der Waals surface area contributed by atoms with Gasteiger partial charge in [-0.3, -0.25) is 9.59 Å². The summed E-state index contributed by atoms with van der Waals surface area (Å²) in [5, 5.41) is 0. The summed E-state index contributed by atoms with van der Waals surface area (Å²) in [4.78, 5) is 24.7. The molecule has 0 aromatic heterocycles. The topological polar surface area (TPSA) is 43.4 Å². The maximum atomic E-state index is 12.4. The molecule has 18 heavy (non-hydrogen) atoms. The zero-order valence-electron chi connectivity index (χ0n) is 10.4. The van der Waals surface area contributed by atoms with Gasteiger partial charge in [-0.05, 0) is 19.3 Å². The third kappa shape index (κ3) is 1.43. The molecule has 1 aliphatic heterocycles. The van der Waals surface area contributed by atoms with Crippen LogP contribution in [-0.2, 0) is 4.74 Å². The van der Waals surface area contributed by atoms with Crippen LogP contribution in [0.15, 0.2) is 35.6 Å². The number of ether oxygens (including phenoxy) is 1. The molecule has 0 bridgehead atoms. The van der Waals surface area contributed by atoms with E-state index in [-0.39, 0.29) is 29.3 Å². The molecule has 2 aliphatic rings. The number of carbonyl (C=O) groups is 2. The summed E-state index contributed by atoms with van der Waals surface area (Å²) in [6.07, 6.45) is 0.598. The van der Waals surface area contributed by atoms with Crippen LogP contribution in [0, 0.1) is 5.92 Å². The van der Waals surface area contributed by atoms with Crippen molar-refractivity contribution in [1.82, 2.24) is 0 Å². The molecule has 0 fully saturated rings. The van der Waals surface area contributed by atoms with Crippen LogP contribution in [-0.4, -0.2) is 17.7 Å². The zero-order valence-corrected chi connectivity index (χ0v) is 10.4. The molecule has 0 saturated carbocycles. The molecule has 0 N–H and O–H groups in total. The summed E-state index contributed by atoms with van der Waals surface area (Å²) in [5.41, 5.74) is 1.51. The number of carbonyl (C=O) groups excluding carboxylic acids is 2. The average molecular weight is 242 g/mol. The van der Waals surface area contributed by atoms with Gasteiger partial charge in [0.1, 0.15) is 0 Å². The molecule has 3 heteroatoms. The molecule has 2 unspecified atom stereocenters. The number of ketones is 2. The largest absolute Gasteiger partial charge is 0.486 e. The Morgan fingerprint density at radius 2 is 1.67 bits per heavy atom. The quantitative estimate of drug-likeness (QED) is 0.702. The highest BCUT2D eigenvalue weighted by molar-refractivity contribution is 6.26. The van der Waals surface area contributed by atoms with Gasteiger partial charge in [0.2, 0.25) is 5.78 Å². The highest BCUT2D eigenvalue weighted by Gasteiger charge is 2.38. The Hall–Kier alpha value is -1.90. The first-order valence-electron chi connectivity index (χ1n) is 6.18. The molecule has 1 aromatic rings. The molecule has 0 amide bonds. The van der Waals surface area contributed by atoms with Crippen LogP contribution >= 0.6 is 0 Å². The van der Waals surface area contributed by atoms with Gasteiger partial charge in [0.05, 0.1) is 6.10 Å². The molecule has 3 nitrogen and oxygen atoms in total. The van der Waals surface area contributed by atoms with E-state index in [1.54, 1.807) is 24.3 Å². The molecular formula is C15H14O3. The zero-order chi connectivity index (χ0) is 12.9. The van der Waals surface area contributed by atoms with Gasteiger partial charge in [-0.2, -0.15) is 0 Å². The van der Waals surface area contributed by atoms with E-state index in [2.05, 4.69) is 0 Å². The minimum absolute atomic E-state index is 0.0224. The van der Waals surface area contributed by atoms with Gasteiger partial charge in [-0.1, -0.05) is 31.2 Å². The lowest BCUT2D eigenvalue weighted by Gasteiger charge is -2.32. The molecule has 0 spiro atoms. The number of benzene rings is 1. The minimum Gasteiger partial charge on any atom is -0.486 e. The van der Waals surface area contributed by atoms with Crippen LogP contribution in [0.25, 0.3) is 0 Å². The summed E-state index contributed by atoms with van der Waals surface area (Å²) >= 11 is 0. The standard InChI is InChI=1S/C15H14O3/c1-8-7-12-13(16)10-5-3-4-6-11(10)14(17)15(12)18-9(8)2/h3-6,8-9H,7H2,1-2H3. The lowest BCUT2D eigenvalue weighted by Crippen LogP contribution is -2.33. The first-order chi connectivity index (χ1) is 8.59. The number of Topliss-reactive ketones (excluding diaryl/α,β-unsaturated/α-hetero) is 2. The van der Waals surface area contributed by atoms with Gasteiger partial charge in [-0.25, -0.2) is 0 Å². The summed E-state index contributed by atoms with van der Waals surface area (Å²) in [6, 6.07) is 6.95. The second-order valence-electron chi connectivity index (χ2n) is 5.02. The highest BCUT2D eigenvalue weighted by atomic mass is 16.5. The summed E-state index contributed by atoms with van der Waals surface area (Å²) < 4.78 is 5.65. The van der Waals surface area contributed by atoms with Crippen LogP contribution in [0.3, 0.4) is 0 Å². The number of rotatable bonds is 0. The van der Waals surface area contributed by atoms with Gasteiger partial charge in [0.25, 0.3) is 0 Å². The van der Waals surface area contributed by atoms with Crippen LogP contribution in [0.5, 0.6) is 0 Å². The van der Waals surface area contributed by atoms with E-state index in [4.69, 9.17) is 4.74 Å². The fourth-order valence-corrected chi connectivity index (χ4v) is 2.50. The maximum absolute atomic E-state index is 12.4. The van der Waals surface area contributed by atoms with Crippen LogP contribution in [0.2, 0.25) is 0 Å². The van der Waals surface area contributed by atoms with E-state index in [0.29, 0.717) is 23.1 Å². The van der Waals surface area contributed by atoms with Gasteiger partial charge < -0.3 is 4.74 Å². The Morgan fingerprint density at radius 3 is 2.33 bits per heavy atom. The monoisotopic (exact) mass is 242 g/mol. The highest BCUT2D eigenvalue weighted by Crippen LogP contribution is 2.36. The minimum atomic E-state index is -0.154. The Balaban J connectivity index is 2.16. The fourth-order valence-electron chi connectivity index (χ4n) is 2.50. The molecule has 0 saturated heterocycles. The number of fused-ring (bicyclic) bond motifs is 1. The van der Waals surface area contributed by atoms with E-state index in [1.165, 1.54) is 0 Å². The lowest BCUT2D eigenvalue weighted by molar-refractivity contribution is 0.0490. The van der Waals surface area contributed by atoms with Gasteiger partial charge in [0, 0.05) is 16.7 Å². The molecule has 1 aromatic carbocycles. The molecule has 1 aliphatic carbocycles. The predicted molar refractivity (Wildman–Crippen MR) is 66.5 cm³/mol. The third-order valence-electron chi connectivity index (χ3n) is 3.80. The predicted octanol–water partition coefficient (Wildman–Crippen LogP) is 2.76. The molecule has 92 valence electrons. The smallest absolute Gasteiger partial charge is 0.228 e. The van der Waals surface area contributed by atoms with Crippen LogP contribution in [0.1, 0.15) is 41.0 Å². The van der Waals surface area contributed by atoms with Crippen molar-refractivity contribution < 1.29 is 14.3 Å². The summed E-state index contributed by atoms with van der Waals surface area (Å²) in [6.45, 7) is 3.97. The fraction of sp³-hybridized carbons (Fsp3) is 0.333. The molecule has 2 atom stereocenters. The molecular weight excluding hydrogens is 228 g/mol. The van der Waals surface area contributed by atoms with E-state index in [1.807, 2.05) is 13.8 Å². The third-order valence-corrected chi connectivity index (χ3v) is 3.80. The van der Waals surface area contributed by atoms with E-state index >= 15 is 0 Å². The molecule has 1 heterocycles. The maximum Gasteiger partial charge on any atom is 0.228 e. The summed E-state index contributed by atoms with van der Waals surface area (Å²) in [7, 11) is 0. The Bertz CT molecular complexity index is 532. The van der Waals surface area contributed by atoms with Gasteiger partial charge >= 0.3 is 0 Å². The van der Waals surface area contributed by atoms with Gasteiger partial charge in [0.15, 0.2) is 11.5 Å². The molecule has 3 rings (SSSR count). The van der Waals surface area contributed by atoms with Crippen molar-refractivity contribution in [3.8, 4) is 0 Å². The number of hydrogen-bond acceptors (Lipinski definition) is 3. The number of allylic oxidation sites excluding steroid dienone is 2. The van der Waals surface area contributed by atoms with E-state index in [9.17, 15) is 9.59 Å². The SMILES string of the molecule is CC1CC2=C(OC1C)C(=O)c1ccccc1C2=O. The Labute approximate surface area is 105 Å². The van der Waals surface area contributed by atoms with Crippen molar-refractivity contribution in [2.45, 2.75) is 26.4 Å². The van der Waals surface area contributed by atoms with Gasteiger partial charge in [-0.15, -0.1) is 0 Å². The second kappa shape index (κ2) is 3.80. The summed E-state index contributed by atoms with van der Waals surface area (Å²) in [5.74, 6) is 0.313. The Morgan fingerprint density at radius 1 is 1.06 bits per heavy atom. The van der Waals surface area contributed by atoms with Crippen LogP contribution in [0.4, 0.5) is 0 Å². The van der Waals surface area contributed by atoms with Crippen molar-refractivity contribution in [3.63, 3.8) is 0 Å². The first-order valence-corrected chi connectivity index (χ1v) is 6.18. The van der Waals surface area contributed by atoms with Crippen molar-refractivity contribution in [3.05, 3.63) is 46.7 Å². The number of hydrogen-bond donors (Lipinski definition) is 0. The van der Waals surface area contributed by atoms with Crippen molar-refractivity contribution in [1.29, 1.82) is 0 Å². The average Bonchev–Trinajstić information content (AvgIpc) is 2.38. The van der Waals surface area contributed by atoms with E-state index in [0.717, 1.165) is 0 Å². The first kappa shape index (κ1) is 11.2. The van der Waals surface area contributed by atoms with Crippen LogP contribution < -0.4 is 0 Å². The van der Waals surface area contributed by atoms with Crippen molar-refractivity contribution in [2.24, 2.45) is 5.92 Å². The normalized spacial score (nSPS) is 26.6. The lowest BCUT2D eigenvalue weighted by atomic mass is 9.81. The second-order valence-corrected chi connectivity index (χ2v) is 5.02. The van der Waals surface area contributed by atoms with Crippen molar-refractivity contribution >= 4 is 11.6 Å². The van der Waals surface area contributed by atoms with E-state index < -0.39 is 0 Å². The Kier molecular flexibility index (Phi) is 2.37. The molecule has 0 radical (unpaired) electrons.